The summed E-state index contributed by atoms with van der Waals surface area (Å²) in [4.78, 5) is 40.0. The minimum Gasteiger partial charge on any atom is -0.497 e. The number of hydrogen-bond acceptors (Lipinski definition) is 10. The van der Waals surface area contributed by atoms with Crippen molar-refractivity contribution >= 4 is 28.7 Å². The molecule has 12 nitrogen and oxygen atoms in total. The molecule has 4 N–H and O–H groups in total. The van der Waals surface area contributed by atoms with Gasteiger partial charge in [-0.15, -0.1) is 0 Å². The summed E-state index contributed by atoms with van der Waals surface area (Å²) in [6.07, 6.45) is 3.40. The van der Waals surface area contributed by atoms with Crippen molar-refractivity contribution in [3.05, 3.63) is 76.4 Å². The molecule has 0 radical (unpaired) electrons. The Bertz CT molecular complexity index is 1740. The van der Waals surface area contributed by atoms with Gasteiger partial charge in [-0.3, -0.25) is 14.2 Å². The molecular formula is C30H32N8O4. The summed E-state index contributed by atoms with van der Waals surface area (Å²) in [5.74, 6) is 1.12. The maximum absolute atomic E-state index is 13.9. The molecule has 1 amide bonds. The van der Waals surface area contributed by atoms with Crippen LogP contribution in [0.25, 0.3) is 22.2 Å². The summed E-state index contributed by atoms with van der Waals surface area (Å²) < 4.78 is 12.4. The molecule has 0 atom stereocenters. The number of anilines is 2. The van der Waals surface area contributed by atoms with Crippen LogP contribution >= 0.6 is 0 Å². The molecule has 3 heterocycles. The molecule has 0 saturated heterocycles. The van der Waals surface area contributed by atoms with Crippen LogP contribution in [0.5, 0.6) is 11.5 Å². The fraction of sp³-hybridized carbons (Fsp3) is 0.267. The number of fused-ring (bicyclic) bond motifs is 1. The Morgan fingerprint density at radius 1 is 1.14 bits per heavy atom. The first kappa shape index (κ1) is 29.7. The third kappa shape index (κ3) is 6.89. The molecule has 0 aliphatic carbocycles. The quantitative estimate of drug-likeness (QED) is 0.191. The van der Waals surface area contributed by atoms with Gasteiger partial charge in [0.05, 0.1) is 14.2 Å². The number of aryl methyl sites for hydroxylation is 2. The lowest BCUT2D eigenvalue weighted by Crippen LogP contribution is -2.30. The molecule has 0 saturated carbocycles. The van der Waals surface area contributed by atoms with Crippen LogP contribution in [0.1, 0.15) is 19.5 Å². The fourth-order valence-electron chi connectivity index (χ4n) is 4.28. The lowest BCUT2D eigenvalue weighted by molar-refractivity contribution is -0.112. The minimum atomic E-state index is -0.838. The maximum atomic E-state index is 13.9. The van der Waals surface area contributed by atoms with Crippen molar-refractivity contribution in [2.75, 3.05) is 31.9 Å². The lowest BCUT2D eigenvalue weighted by atomic mass is 10.0. The van der Waals surface area contributed by atoms with Crippen molar-refractivity contribution in [3.8, 4) is 28.7 Å². The van der Waals surface area contributed by atoms with E-state index in [1.165, 1.54) is 6.08 Å². The van der Waals surface area contributed by atoms with E-state index >= 15 is 0 Å². The summed E-state index contributed by atoms with van der Waals surface area (Å²) in [6, 6.07) is 14.0. The number of benzene rings is 1. The molecule has 42 heavy (non-hydrogen) atoms. The van der Waals surface area contributed by atoms with E-state index in [4.69, 9.17) is 15.2 Å². The van der Waals surface area contributed by atoms with E-state index in [1.807, 2.05) is 6.07 Å². The molecule has 0 unspecified atom stereocenters. The highest BCUT2D eigenvalue weighted by atomic mass is 16.5. The van der Waals surface area contributed by atoms with Crippen molar-refractivity contribution < 1.29 is 14.3 Å². The summed E-state index contributed by atoms with van der Waals surface area (Å²) in [7, 11) is 4.79. The SMILES string of the molecule is CNc1ncc2cc(-c3cc(OC)cc(OC)c3)c(=O)n(CCc3cccc(NC(=O)C(C#N)=CC(C)(C)N)n3)c2n1. The predicted molar refractivity (Wildman–Crippen MR) is 160 cm³/mol. The molecule has 4 aromatic rings. The number of aromatic nitrogens is 4. The Kier molecular flexibility index (Phi) is 8.83. The molecule has 0 spiro atoms. The number of pyridine rings is 2. The van der Waals surface area contributed by atoms with Crippen molar-refractivity contribution in [2.45, 2.75) is 32.4 Å². The number of rotatable bonds is 10. The highest BCUT2D eigenvalue weighted by Gasteiger charge is 2.17. The zero-order valence-corrected chi connectivity index (χ0v) is 24.1. The Labute approximate surface area is 242 Å². The summed E-state index contributed by atoms with van der Waals surface area (Å²) in [5.41, 5.74) is 6.83. The van der Waals surface area contributed by atoms with Crippen LogP contribution in [0.2, 0.25) is 0 Å². The van der Waals surface area contributed by atoms with Gasteiger partial charge < -0.3 is 25.8 Å². The standard InChI is InChI=1S/C30H32N8O4/c1-30(2,32)15-20(16-31)27(39)36-25-8-6-7-21(35-25)9-10-38-26-19(17-34-29(33-3)37-26)13-24(28(38)40)18-11-22(41-4)14-23(12-18)42-5/h6-8,11-15,17H,9-10,32H2,1-5H3,(H,33,34,37)(H,35,36,39). The number of methoxy groups -OCH3 is 2. The average Bonchev–Trinajstić information content (AvgIpc) is 2.98. The van der Waals surface area contributed by atoms with Crippen molar-refractivity contribution in [2.24, 2.45) is 5.73 Å². The normalized spacial score (nSPS) is 11.6. The van der Waals surface area contributed by atoms with E-state index in [-0.39, 0.29) is 23.5 Å². The van der Waals surface area contributed by atoms with E-state index in [0.717, 1.165) is 0 Å². The second-order valence-electron chi connectivity index (χ2n) is 10.0. The van der Waals surface area contributed by atoms with Gasteiger partial charge in [0.15, 0.2) is 0 Å². The highest BCUT2D eigenvalue weighted by Crippen LogP contribution is 2.29. The molecule has 0 aliphatic rings. The van der Waals surface area contributed by atoms with Gasteiger partial charge in [-0.05, 0) is 55.8 Å². The highest BCUT2D eigenvalue weighted by molar-refractivity contribution is 6.06. The van der Waals surface area contributed by atoms with Crippen molar-refractivity contribution in [1.82, 2.24) is 19.5 Å². The molecule has 12 heteroatoms. The van der Waals surface area contributed by atoms with Gasteiger partial charge in [-0.25, -0.2) is 9.97 Å². The van der Waals surface area contributed by atoms with E-state index in [1.54, 1.807) is 88.3 Å². The maximum Gasteiger partial charge on any atom is 0.267 e. The minimum absolute atomic E-state index is 0.112. The molecule has 4 rings (SSSR count). The molecule has 0 bridgehead atoms. The predicted octanol–water partition coefficient (Wildman–Crippen LogP) is 3.28. The number of ether oxygens (including phenoxy) is 2. The largest absolute Gasteiger partial charge is 0.497 e. The van der Waals surface area contributed by atoms with Gasteiger partial charge >= 0.3 is 0 Å². The smallest absolute Gasteiger partial charge is 0.267 e. The number of nitrogens with one attached hydrogen (secondary N) is 2. The van der Waals surface area contributed by atoms with E-state index in [9.17, 15) is 14.9 Å². The monoisotopic (exact) mass is 568 g/mol. The second kappa shape index (κ2) is 12.5. The van der Waals surface area contributed by atoms with Crippen molar-refractivity contribution in [1.29, 1.82) is 5.26 Å². The van der Waals surface area contributed by atoms with Crippen LogP contribution in [0.4, 0.5) is 11.8 Å². The van der Waals surface area contributed by atoms with Crippen LogP contribution in [0.15, 0.2) is 65.1 Å². The number of carbonyl (C=O) groups is 1. The Morgan fingerprint density at radius 3 is 2.48 bits per heavy atom. The molecular weight excluding hydrogens is 536 g/mol. The van der Waals surface area contributed by atoms with Gasteiger partial charge in [0, 0.05) is 54.5 Å². The van der Waals surface area contributed by atoms with Gasteiger partial charge in [0.1, 0.15) is 34.6 Å². The zero-order valence-electron chi connectivity index (χ0n) is 24.1. The first-order valence-electron chi connectivity index (χ1n) is 13.1. The van der Waals surface area contributed by atoms with Crippen LogP contribution in [0.3, 0.4) is 0 Å². The van der Waals surface area contributed by atoms with E-state index in [0.29, 0.717) is 51.7 Å². The van der Waals surface area contributed by atoms with Gasteiger partial charge in [-0.1, -0.05) is 6.07 Å². The van der Waals surface area contributed by atoms with Crippen LogP contribution in [0, 0.1) is 11.3 Å². The number of amides is 1. The molecule has 3 aromatic heterocycles. The Balaban J connectivity index is 1.70. The van der Waals surface area contributed by atoms with Gasteiger partial charge in [-0.2, -0.15) is 10.2 Å². The van der Waals surface area contributed by atoms with Crippen LogP contribution in [-0.2, 0) is 17.8 Å². The summed E-state index contributed by atoms with van der Waals surface area (Å²) >= 11 is 0. The van der Waals surface area contributed by atoms with E-state index < -0.39 is 11.4 Å². The number of nitrogens with two attached hydrogens (primary N) is 1. The Hall–Kier alpha value is -5.28. The van der Waals surface area contributed by atoms with Gasteiger partial charge in [0.25, 0.3) is 11.5 Å². The van der Waals surface area contributed by atoms with Crippen LogP contribution < -0.4 is 31.4 Å². The topological polar surface area (TPSA) is 170 Å². The summed E-state index contributed by atoms with van der Waals surface area (Å²) in [6.45, 7) is 3.61. The third-order valence-corrected chi connectivity index (χ3v) is 6.23. The number of nitriles is 1. The first-order chi connectivity index (χ1) is 20.0. The van der Waals surface area contributed by atoms with Crippen LogP contribution in [-0.4, -0.2) is 52.2 Å². The second-order valence-corrected chi connectivity index (χ2v) is 10.0. The molecule has 0 aliphatic heterocycles. The summed E-state index contributed by atoms with van der Waals surface area (Å²) in [5, 5.41) is 15.6. The number of hydrogen-bond donors (Lipinski definition) is 3. The lowest BCUT2D eigenvalue weighted by Gasteiger charge is -2.15. The third-order valence-electron chi connectivity index (χ3n) is 6.23. The number of carbonyl (C=O) groups excluding carboxylic acids is 1. The Morgan fingerprint density at radius 2 is 1.86 bits per heavy atom. The molecule has 216 valence electrons. The molecule has 1 aromatic carbocycles. The fourth-order valence-corrected chi connectivity index (χ4v) is 4.28. The van der Waals surface area contributed by atoms with E-state index in [2.05, 4.69) is 25.6 Å². The average molecular weight is 569 g/mol. The van der Waals surface area contributed by atoms with Crippen molar-refractivity contribution in [3.63, 3.8) is 0 Å². The van der Waals surface area contributed by atoms with Gasteiger partial charge in [0.2, 0.25) is 5.95 Å². The first-order valence-corrected chi connectivity index (χ1v) is 13.1. The number of nitrogens with zero attached hydrogens (tertiary/aromatic N) is 5. The zero-order chi connectivity index (χ0) is 30.4. The molecule has 0 fully saturated rings.